The molecule has 3 rings (SSSR count). The Balaban J connectivity index is 1.62. The van der Waals surface area contributed by atoms with Crippen molar-refractivity contribution in [3.05, 3.63) is 65.2 Å². The van der Waals surface area contributed by atoms with Crippen LogP contribution in [0.2, 0.25) is 0 Å². The molecule has 0 N–H and O–H groups in total. The molecule has 0 saturated heterocycles. The molecule has 1 heterocycles. The van der Waals surface area contributed by atoms with Crippen LogP contribution in [0.25, 0.3) is 0 Å². The first-order chi connectivity index (χ1) is 11.6. The van der Waals surface area contributed by atoms with Crippen molar-refractivity contribution in [2.45, 2.75) is 6.42 Å². The van der Waals surface area contributed by atoms with E-state index in [1.165, 1.54) is 6.07 Å². The predicted molar refractivity (Wildman–Crippen MR) is 83.2 cm³/mol. The van der Waals surface area contributed by atoms with E-state index in [-0.39, 0.29) is 18.7 Å². The van der Waals surface area contributed by atoms with Crippen LogP contribution in [0.15, 0.2) is 48.5 Å². The highest BCUT2D eigenvalue weighted by atomic mass is 16.5. The molecular formula is C18H12N2O4. The van der Waals surface area contributed by atoms with Crippen LogP contribution in [-0.4, -0.2) is 29.2 Å². The van der Waals surface area contributed by atoms with Crippen LogP contribution in [0.3, 0.4) is 0 Å². The summed E-state index contributed by atoms with van der Waals surface area (Å²) >= 11 is 0. The molecule has 1 aliphatic rings. The highest BCUT2D eigenvalue weighted by molar-refractivity contribution is 6.21. The molecule has 0 radical (unpaired) electrons. The Labute approximate surface area is 137 Å². The van der Waals surface area contributed by atoms with Crippen LogP contribution in [-0.2, 0) is 4.79 Å². The zero-order valence-corrected chi connectivity index (χ0v) is 12.6. The quantitative estimate of drug-likeness (QED) is 0.489. The Morgan fingerprint density at radius 2 is 1.71 bits per heavy atom. The zero-order valence-electron chi connectivity index (χ0n) is 12.6. The molecular weight excluding hydrogens is 308 g/mol. The molecule has 6 nitrogen and oxygen atoms in total. The molecule has 2 amide bonds. The SMILES string of the molecule is N#Cc1cccc(OC(=O)CCN2C(=O)c3ccccc3C2=O)c1. The number of ether oxygens (including phenoxy) is 1. The number of carbonyl (C=O) groups is 3. The third-order valence-electron chi connectivity index (χ3n) is 3.61. The van der Waals surface area contributed by atoms with Gasteiger partial charge in [-0.2, -0.15) is 5.26 Å². The maximum absolute atomic E-state index is 12.2. The largest absolute Gasteiger partial charge is 0.426 e. The highest BCUT2D eigenvalue weighted by Crippen LogP contribution is 2.22. The lowest BCUT2D eigenvalue weighted by Gasteiger charge is -2.13. The van der Waals surface area contributed by atoms with E-state index in [2.05, 4.69) is 0 Å². The molecule has 24 heavy (non-hydrogen) atoms. The predicted octanol–water partition coefficient (Wildman–Crippen LogP) is 2.15. The van der Waals surface area contributed by atoms with Gasteiger partial charge in [0.25, 0.3) is 11.8 Å². The summed E-state index contributed by atoms with van der Waals surface area (Å²) in [5.74, 6) is -1.15. The number of amides is 2. The summed E-state index contributed by atoms with van der Waals surface area (Å²) < 4.78 is 5.12. The van der Waals surface area contributed by atoms with Crippen LogP contribution in [0.5, 0.6) is 5.75 Å². The lowest BCUT2D eigenvalue weighted by atomic mass is 10.1. The Bertz CT molecular complexity index is 848. The van der Waals surface area contributed by atoms with E-state index in [0.29, 0.717) is 16.7 Å². The summed E-state index contributed by atoms with van der Waals surface area (Å²) in [5.41, 5.74) is 1.07. The molecule has 1 aliphatic heterocycles. The van der Waals surface area contributed by atoms with Gasteiger partial charge in [0.1, 0.15) is 5.75 Å². The summed E-state index contributed by atoms with van der Waals surface area (Å²) in [4.78, 5) is 37.3. The van der Waals surface area contributed by atoms with Crippen molar-refractivity contribution in [3.63, 3.8) is 0 Å². The van der Waals surface area contributed by atoms with Crippen LogP contribution in [0.4, 0.5) is 0 Å². The maximum Gasteiger partial charge on any atom is 0.312 e. The van der Waals surface area contributed by atoms with Gasteiger partial charge in [0.05, 0.1) is 29.2 Å². The number of nitriles is 1. The second-order valence-corrected chi connectivity index (χ2v) is 5.17. The number of rotatable bonds is 4. The van der Waals surface area contributed by atoms with Crippen molar-refractivity contribution < 1.29 is 19.1 Å². The first kappa shape index (κ1) is 15.4. The van der Waals surface area contributed by atoms with Gasteiger partial charge >= 0.3 is 5.97 Å². The van der Waals surface area contributed by atoms with Gasteiger partial charge in [-0.1, -0.05) is 18.2 Å². The Morgan fingerprint density at radius 3 is 2.33 bits per heavy atom. The number of hydrogen-bond acceptors (Lipinski definition) is 5. The second-order valence-electron chi connectivity index (χ2n) is 5.17. The lowest BCUT2D eigenvalue weighted by Crippen LogP contribution is -2.32. The molecule has 0 aliphatic carbocycles. The number of nitrogens with zero attached hydrogens (tertiary/aromatic N) is 2. The molecule has 6 heteroatoms. The molecule has 0 spiro atoms. The normalized spacial score (nSPS) is 12.7. The van der Waals surface area contributed by atoms with E-state index in [1.807, 2.05) is 6.07 Å². The van der Waals surface area contributed by atoms with E-state index >= 15 is 0 Å². The third-order valence-corrected chi connectivity index (χ3v) is 3.61. The summed E-state index contributed by atoms with van der Waals surface area (Å²) in [6, 6.07) is 14.7. The monoisotopic (exact) mass is 320 g/mol. The topological polar surface area (TPSA) is 87.5 Å². The number of fused-ring (bicyclic) bond motifs is 1. The van der Waals surface area contributed by atoms with E-state index in [0.717, 1.165) is 4.90 Å². The van der Waals surface area contributed by atoms with E-state index < -0.39 is 17.8 Å². The summed E-state index contributed by atoms with van der Waals surface area (Å²) in [6.07, 6.45) is -0.123. The van der Waals surface area contributed by atoms with Crippen molar-refractivity contribution in [2.75, 3.05) is 6.54 Å². The molecule has 2 aromatic carbocycles. The Hall–Kier alpha value is -3.46. The van der Waals surface area contributed by atoms with Gasteiger partial charge < -0.3 is 4.74 Å². The number of carbonyl (C=O) groups excluding carboxylic acids is 3. The fourth-order valence-corrected chi connectivity index (χ4v) is 2.46. The van der Waals surface area contributed by atoms with Gasteiger partial charge in [0.15, 0.2) is 0 Å². The second kappa shape index (κ2) is 6.34. The summed E-state index contributed by atoms with van der Waals surface area (Å²) in [7, 11) is 0. The summed E-state index contributed by atoms with van der Waals surface area (Å²) in [5, 5.41) is 8.82. The van der Waals surface area contributed by atoms with E-state index in [1.54, 1.807) is 42.5 Å². The molecule has 0 fully saturated rings. The lowest BCUT2D eigenvalue weighted by molar-refractivity contribution is -0.134. The molecule has 0 aromatic heterocycles. The molecule has 0 unspecified atom stereocenters. The van der Waals surface area contributed by atoms with Gasteiger partial charge in [-0.25, -0.2) is 0 Å². The van der Waals surface area contributed by atoms with E-state index in [9.17, 15) is 14.4 Å². The van der Waals surface area contributed by atoms with Crippen LogP contribution in [0.1, 0.15) is 32.7 Å². The molecule has 0 saturated carbocycles. The van der Waals surface area contributed by atoms with Gasteiger partial charge in [0.2, 0.25) is 0 Å². The minimum atomic E-state index is -0.582. The first-order valence-corrected chi connectivity index (χ1v) is 7.26. The Kier molecular flexibility index (Phi) is 4.08. The van der Waals surface area contributed by atoms with Crippen molar-refractivity contribution >= 4 is 17.8 Å². The third kappa shape index (κ3) is 2.88. The Morgan fingerprint density at radius 1 is 1.04 bits per heavy atom. The highest BCUT2D eigenvalue weighted by Gasteiger charge is 2.35. The van der Waals surface area contributed by atoms with Gasteiger partial charge in [-0.3, -0.25) is 19.3 Å². The van der Waals surface area contributed by atoms with Crippen LogP contribution in [0, 0.1) is 11.3 Å². The number of benzene rings is 2. The smallest absolute Gasteiger partial charge is 0.312 e. The number of imide groups is 1. The zero-order chi connectivity index (χ0) is 17.1. The maximum atomic E-state index is 12.2. The molecule has 118 valence electrons. The van der Waals surface area contributed by atoms with Crippen LogP contribution < -0.4 is 4.74 Å². The number of hydrogen-bond donors (Lipinski definition) is 0. The van der Waals surface area contributed by atoms with Gasteiger partial charge in [0, 0.05) is 6.54 Å². The van der Waals surface area contributed by atoms with E-state index in [4.69, 9.17) is 10.00 Å². The average Bonchev–Trinajstić information content (AvgIpc) is 2.84. The van der Waals surface area contributed by atoms with Crippen LogP contribution >= 0.6 is 0 Å². The molecule has 0 bridgehead atoms. The van der Waals surface area contributed by atoms with Crippen molar-refractivity contribution in [1.82, 2.24) is 4.90 Å². The molecule has 0 atom stereocenters. The van der Waals surface area contributed by atoms with Gasteiger partial charge in [-0.05, 0) is 30.3 Å². The number of esters is 1. The molecule has 2 aromatic rings. The fraction of sp³-hybridized carbons (Fsp3) is 0.111. The van der Waals surface area contributed by atoms with Crippen molar-refractivity contribution in [2.24, 2.45) is 0 Å². The average molecular weight is 320 g/mol. The standard InChI is InChI=1S/C18H12N2O4/c19-11-12-4-3-5-13(10-12)24-16(21)8-9-20-17(22)14-6-1-2-7-15(14)18(20)23/h1-7,10H,8-9H2. The first-order valence-electron chi connectivity index (χ1n) is 7.26. The van der Waals surface area contributed by atoms with Crippen molar-refractivity contribution in [1.29, 1.82) is 5.26 Å². The fourth-order valence-electron chi connectivity index (χ4n) is 2.46. The summed E-state index contributed by atoms with van der Waals surface area (Å²) in [6.45, 7) is -0.0525. The minimum absolute atomic E-state index is 0.0525. The van der Waals surface area contributed by atoms with Crippen molar-refractivity contribution in [3.8, 4) is 11.8 Å². The van der Waals surface area contributed by atoms with Gasteiger partial charge in [-0.15, -0.1) is 0 Å². The minimum Gasteiger partial charge on any atom is -0.426 e.